The van der Waals surface area contributed by atoms with Crippen LogP contribution in [0, 0.1) is 6.92 Å². The number of nitrogens with zero attached hydrogens (tertiary/aromatic N) is 3. The van der Waals surface area contributed by atoms with Crippen LogP contribution in [0.2, 0.25) is 0 Å². The van der Waals surface area contributed by atoms with Crippen LogP contribution in [0.3, 0.4) is 0 Å². The molecule has 0 spiro atoms. The molecule has 102 valence electrons. The first kappa shape index (κ1) is 12.5. The highest BCUT2D eigenvalue weighted by atomic mass is 15.3. The molecule has 2 heterocycles. The average molecular weight is 267 g/mol. The van der Waals surface area contributed by atoms with Crippen LogP contribution in [0.25, 0.3) is 10.9 Å². The lowest BCUT2D eigenvalue weighted by Crippen LogP contribution is -2.04. The number of pyridine rings is 1. The van der Waals surface area contributed by atoms with Gasteiger partial charge in [-0.15, -0.1) is 0 Å². The molecule has 0 saturated carbocycles. The topological polar surface area (TPSA) is 68.8 Å². The van der Waals surface area contributed by atoms with Crippen LogP contribution < -0.4 is 11.1 Å². The zero-order chi connectivity index (χ0) is 14.1. The van der Waals surface area contributed by atoms with E-state index in [1.54, 1.807) is 6.20 Å². The predicted molar refractivity (Wildman–Crippen MR) is 81.4 cm³/mol. The summed E-state index contributed by atoms with van der Waals surface area (Å²) in [6, 6.07) is 7.83. The average Bonchev–Trinajstić information content (AvgIpc) is 2.79. The Kier molecular flexibility index (Phi) is 3.02. The Morgan fingerprint density at radius 3 is 2.90 bits per heavy atom. The van der Waals surface area contributed by atoms with E-state index in [0.717, 1.165) is 33.5 Å². The number of nitrogens with two attached hydrogens (primary N) is 1. The lowest BCUT2D eigenvalue weighted by molar-refractivity contribution is 0.738. The van der Waals surface area contributed by atoms with Crippen molar-refractivity contribution in [1.82, 2.24) is 14.8 Å². The SMILES string of the molecule is Cc1c(CNc2ccc3ncccc3c2N)cnn1C. The van der Waals surface area contributed by atoms with Gasteiger partial charge in [0.1, 0.15) is 0 Å². The Morgan fingerprint density at radius 2 is 2.15 bits per heavy atom. The van der Waals surface area contributed by atoms with Crippen LogP contribution in [0.1, 0.15) is 11.3 Å². The van der Waals surface area contributed by atoms with Gasteiger partial charge in [0.25, 0.3) is 0 Å². The zero-order valence-electron chi connectivity index (χ0n) is 11.6. The number of aryl methyl sites for hydroxylation is 1. The highest BCUT2D eigenvalue weighted by molar-refractivity contribution is 5.96. The molecule has 3 N–H and O–H groups in total. The van der Waals surface area contributed by atoms with Gasteiger partial charge in [-0.1, -0.05) is 0 Å². The van der Waals surface area contributed by atoms with Gasteiger partial charge in [0.15, 0.2) is 0 Å². The first-order valence-corrected chi connectivity index (χ1v) is 6.51. The van der Waals surface area contributed by atoms with Gasteiger partial charge in [-0.2, -0.15) is 5.10 Å². The normalized spacial score (nSPS) is 10.9. The molecule has 0 bridgehead atoms. The van der Waals surface area contributed by atoms with Gasteiger partial charge >= 0.3 is 0 Å². The first-order valence-electron chi connectivity index (χ1n) is 6.51. The Morgan fingerprint density at radius 1 is 1.30 bits per heavy atom. The number of nitrogens with one attached hydrogen (secondary N) is 1. The number of fused-ring (bicyclic) bond motifs is 1. The van der Waals surface area contributed by atoms with Gasteiger partial charge in [-0.05, 0) is 31.2 Å². The molecule has 0 aliphatic heterocycles. The highest BCUT2D eigenvalue weighted by Crippen LogP contribution is 2.27. The molecule has 0 aliphatic rings. The molecule has 5 heteroatoms. The molecule has 20 heavy (non-hydrogen) atoms. The quantitative estimate of drug-likeness (QED) is 0.715. The Hall–Kier alpha value is -2.56. The van der Waals surface area contributed by atoms with Gasteiger partial charge in [0.2, 0.25) is 0 Å². The van der Waals surface area contributed by atoms with Crippen molar-refractivity contribution in [2.75, 3.05) is 11.1 Å². The number of benzene rings is 1. The summed E-state index contributed by atoms with van der Waals surface area (Å²) >= 11 is 0. The number of nitrogen functional groups attached to an aromatic ring is 1. The minimum absolute atomic E-state index is 0.704. The molecular formula is C15H17N5. The maximum absolute atomic E-state index is 6.20. The summed E-state index contributed by atoms with van der Waals surface area (Å²) in [6.07, 6.45) is 3.65. The molecule has 1 aromatic carbocycles. The summed E-state index contributed by atoms with van der Waals surface area (Å²) in [5.41, 5.74) is 11.1. The lowest BCUT2D eigenvalue weighted by atomic mass is 10.1. The van der Waals surface area contributed by atoms with Crippen LogP contribution in [0.15, 0.2) is 36.7 Å². The lowest BCUT2D eigenvalue weighted by Gasteiger charge is -2.11. The van der Waals surface area contributed by atoms with E-state index in [1.807, 2.05) is 42.2 Å². The van der Waals surface area contributed by atoms with Gasteiger partial charge in [0, 0.05) is 36.4 Å². The smallest absolute Gasteiger partial charge is 0.0724 e. The van der Waals surface area contributed by atoms with Gasteiger partial charge in [0.05, 0.1) is 23.1 Å². The molecule has 3 rings (SSSR count). The number of rotatable bonds is 3. The molecule has 0 atom stereocenters. The van der Waals surface area contributed by atoms with E-state index in [2.05, 4.69) is 22.3 Å². The molecule has 0 saturated heterocycles. The monoisotopic (exact) mass is 267 g/mol. The van der Waals surface area contributed by atoms with E-state index in [9.17, 15) is 0 Å². The van der Waals surface area contributed by atoms with Crippen LogP contribution >= 0.6 is 0 Å². The van der Waals surface area contributed by atoms with Gasteiger partial charge in [-0.25, -0.2) is 0 Å². The fourth-order valence-corrected chi connectivity index (χ4v) is 2.24. The third kappa shape index (κ3) is 2.07. The molecular weight excluding hydrogens is 250 g/mol. The zero-order valence-corrected chi connectivity index (χ0v) is 11.6. The van der Waals surface area contributed by atoms with Crippen molar-refractivity contribution >= 4 is 22.3 Å². The Labute approximate surface area is 117 Å². The Bertz CT molecular complexity index is 760. The van der Waals surface area contributed by atoms with Crippen molar-refractivity contribution < 1.29 is 0 Å². The van der Waals surface area contributed by atoms with E-state index in [0.29, 0.717) is 6.54 Å². The third-order valence-electron chi connectivity index (χ3n) is 3.63. The predicted octanol–water partition coefficient (Wildman–Crippen LogP) is 2.47. The minimum atomic E-state index is 0.704. The van der Waals surface area contributed by atoms with E-state index in [-0.39, 0.29) is 0 Å². The van der Waals surface area contributed by atoms with E-state index in [4.69, 9.17) is 5.73 Å². The maximum Gasteiger partial charge on any atom is 0.0724 e. The largest absolute Gasteiger partial charge is 0.397 e. The fraction of sp³-hybridized carbons (Fsp3) is 0.200. The molecule has 0 amide bonds. The third-order valence-corrected chi connectivity index (χ3v) is 3.63. The van der Waals surface area contributed by atoms with Crippen LogP contribution in [-0.4, -0.2) is 14.8 Å². The van der Waals surface area contributed by atoms with Crippen LogP contribution in [0.4, 0.5) is 11.4 Å². The number of hydrogen-bond donors (Lipinski definition) is 2. The van der Waals surface area contributed by atoms with Crippen molar-refractivity contribution in [3.63, 3.8) is 0 Å². The summed E-state index contributed by atoms with van der Waals surface area (Å²) in [4.78, 5) is 4.30. The second kappa shape index (κ2) is 4.85. The molecule has 0 aliphatic carbocycles. The second-order valence-electron chi connectivity index (χ2n) is 4.83. The van der Waals surface area contributed by atoms with Gasteiger partial charge < -0.3 is 11.1 Å². The highest BCUT2D eigenvalue weighted by Gasteiger charge is 2.07. The van der Waals surface area contributed by atoms with Gasteiger partial charge in [-0.3, -0.25) is 9.67 Å². The molecule has 0 radical (unpaired) electrons. The summed E-state index contributed by atoms with van der Waals surface area (Å²) in [5, 5.41) is 8.58. The Balaban J connectivity index is 1.88. The second-order valence-corrected chi connectivity index (χ2v) is 4.83. The minimum Gasteiger partial charge on any atom is -0.397 e. The standard InChI is InChI=1S/C15H17N5/c1-10-11(9-19-20(10)2)8-18-14-6-5-13-12(15(14)16)4-3-7-17-13/h3-7,9,18H,8,16H2,1-2H3. The molecule has 0 fully saturated rings. The number of anilines is 2. The van der Waals surface area contributed by atoms with Crippen molar-refractivity contribution in [3.8, 4) is 0 Å². The fourth-order valence-electron chi connectivity index (χ4n) is 2.24. The van der Waals surface area contributed by atoms with Crippen molar-refractivity contribution in [3.05, 3.63) is 47.9 Å². The molecule has 0 unspecified atom stereocenters. The van der Waals surface area contributed by atoms with Crippen molar-refractivity contribution in [2.24, 2.45) is 7.05 Å². The van der Waals surface area contributed by atoms with Crippen molar-refractivity contribution in [2.45, 2.75) is 13.5 Å². The molecule has 3 aromatic rings. The van der Waals surface area contributed by atoms with E-state index >= 15 is 0 Å². The molecule has 2 aromatic heterocycles. The van der Waals surface area contributed by atoms with Crippen LogP contribution in [-0.2, 0) is 13.6 Å². The summed E-state index contributed by atoms with van der Waals surface area (Å²) in [6.45, 7) is 2.76. The summed E-state index contributed by atoms with van der Waals surface area (Å²) in [7, 11) is 1.94. The summed E-state index contributed by atoms with van der Waals surface area (Å²) < 4.78 is 1.87. The summed E-state index contributed by atoms with van der Waals surface area (Å²) in [5.74, 6) is 0. The molecule has 5 nitrogen and oxygen atoms in total. The van der Waals surface area contributed by atoms with Crippen molar-refractivity contribution in [1.29, 1.82) is 0 Å². The van der Waals surface area contributed by atoms with E-state index < -0.39 is 0 Å². The first-order chi connectivity index (χ1) is 9.66. The van der Waals surface area contributed by atoms with E-state index in [1.165, 1.54) is 0 Å². The maximum atomic E-state index is 6.20. The number of hydrogen-bond acceptors (Lipinski definition) is 4. The van der Waals surface area contributed by atoms with Crippen LogP contribution in [0.5, 0.6) is 0 Å². The number of aromatic nitrogens is 3.